The van der Waals surface area contributed by atoms with Crippen LogP contribution >= 0.6 is 11.8 Å². The second kappa shape index (κ2) is 9.45. The van der Waals surface area contributed by atoms with Crippen molar-refractivity contribution in [2.24, 2.45) is 10.9 Å². The molecule has 13 heteroatoms. The van der Waals surface area contributed by atoms with Crippen LogP contribution in [-0.2, 0) is 19.0 Å². The van der Waals surface area contributed by atoms with Gasteiger partial charge in [-0.15, -0.1) is 11.8 Å². The fraction of sp³-hybridized carbons (Fsp3) is 0.889. The third-order valence-electron chi connectivity index (χ3n) is 6.24. The van der Waals surface area contributed by atoms with E-state index in [1.54, 1.807) is 18.7 Å². The third kappa shape index (κ3) is 4.30. The highest BCUT2D eigenvalue weighted by molar-refractivity contribution is 7.99. The number of hydrogen-bond acceptors (Lipinski definition) is 12. The first-order valence-electron chi connectivity index (χ1n) is 10.2. The summed E-state index contributed by atoms with van der Waals surface area (Å²) >= 11 is 1.55. The Labute approximate surface area is 183 Å². The number of thioether (sulfide) groups is 1. The van der Waals surface area contributed by atoms with Gasteiger partial charge in [0.05, 0.1) is 43.6 Å². The summed E-state index contributed by atoms with van der Waals surface area (Å²) in [6, 6.07) is -2.39. The summed E-state index contributed by atoms with van der Waals surface area (Å²) in [5.74, 6) is 0.167. The van der Waals surface area contributed by atoms with Crippen molar-refractivity contribution < 1.29 is 44.5 Å². The van der Waals surface area contributed by atoms with Crippen molar-refractivity contribution in [3.8, 4) is 0 Å². The van der Waals surface area contributed by atoms with Gasteiger partial charge in [0, 0.05) is 24.5 Å². The molecule has 0 bridgehead atoms. The Morgan fingerprint density at radius 2 is 1.90 bits per heavy atom. The number of ether oxygens (including phenoxy) is 3. The van der Waals surface area contributed by atoms with Crippen molar-refractivity contribution in [2.45, 2.75) is 68.0 Å². The molecule has 1 amide bonds. The second-order valence-electron chi connectivity index (χ2n) is 8.16. The van der Waals surface area contributed by atoms with E-state index in [9.17, 15) is 30.3 Å². The SMILES string of the molecule is CC1=N[C@H]2[C@@H](O1)O[C@H](CO)[C@@H]([C@@H]1O[C@H](CO)[C@@H](O)[C@H](O)[C@H]1NC(=O)C1CSCN1)[C@@H]2O. The molecule has 0 saturated carbocycles. The summed E-state index contributed by atoms with van der Waals surface area (Å²) in [5, 5.41) is 57.6. The quantitative estimate of drug-likeness (QED) is 0.212. The van der Waals surface area contributed by atoms with E-state index in [1.165, 1.54) is 0 Å². The lowest BCUT2D eigenvalue weighted by Gasteiger charge is -2.50. The number of aliphatic imine (C=N–C) groups is 1. The van der Waals surface area contributed by atoms with Gasteiger partial charge in [0.1, 0.15) is 24.4 Å². The predicted octanol–water partition coefficient (Wildman–Crippen LogP) is -3.87. The van der Waals surface area contributed by atoms with Crippen LogP contribution in [0.2, 0.25) is 0 Å². The molecule has 4 rings (SSSR count). The van der Waals surface area contributed by atoms with Crippen LogP contribution in [0.15, 0.2) is 4.99 Å². The molecule has 11 atom stereocenters. The summed E-state index contributed by atoms with van der Waals surface area (Å²) < 4.78 is 17.1. The van der Waals surface area contributed by atoms with Gasteiger partial charge in [0.25, 0.3) is 0 Å². The number of amides is 1. The van der Waals surface area contributed by atoms with E-state index in [0.29, 0.717) is 17.5 Å². The summed E-state index contributed by atoms with van der Waals surface area (Å²) in [5.41, 5.74) is 0. The standard InChI is InChI=1S/C18H29N3O9S/c1-6-20-12-14(25)10(8(2-22)30-18(12)28-6)16-11(15(26)13(24)9(3-23)29-16)21-17(27)7-4-31-5-19-7/h7-16,18-19,22-26H,2-5H2,1H3,(H,21,27)/t7?,8-,9-,10-,11-,12-,13-,14+,15-,16+,18+/m1/s1. The van der Waals surface area contributed by atoms with Crippen LogP contribution in [-0.4, -0.2) is 123 Å². The molecule has 7 N–H and O–H groups in total. The first kappa shape index (κ1) is 23.1. The van der Waals surface area contributed by atoms with Crippen LogP contribution in [0.5, 0.6) is 0 Å². The van der Waals surface area contributed by atoms with E-state index >= 15 is 0 Å². The predicted molar refractivity (Wildman–Crippen MR) is 107 cm³/mol. The highest BCUT2D eigenvalue weighted by Crippen LogP contribution is 2.38. The molecule has 0 radical (unpaired) electrons. The van der Waals surface area contributed by atoms with Crippen molar-refractivity contribution in [1.82, 2.24) is 10.6 Å². The maximum absolute atomic E-state index is 12.7. The minimum absolute atomic E-state index is 0.328. The molecule has 3 saturated heterocycles. The molecule has 0 aromatic heterocycles. The Balaban J connectivity index is 1.62. The van der Waals surface area contributed by atoms with Crippen LogP contribution < -0.4 is 10.6 Å². The van der Waals surface area contributed by atoms with Crippen molar-refractivity contribution in [3.63, 3.8) is 0 Å². The van der Waals surface area contributed by atoms with Gasteiger partial charge in [-0.3, -0.25) is 10.1 Å². The molecule has 3 fully saturated rings. The van der Waals surface area contributed by atoms with Crippen molar-refractivity contribution in [1.29, 1.82) is 0 Å². The highest BCUT2D eigenvalue weighted by Gasteiger charge is 2.57. The van der Waals surface area contributed by atoms with E-state index in [0.717, 1.165) is 0 Å². The number of carbonyl (C=O) groups excluding carboxylic acids is 1. The fourth-order valence-electron chi connectivity index (χ4n) is 4.64. The smallest absolute Gasteiger partial charge is 0.238 e. The normalized spacial score (nSPS) is 47.4. The number of aliphatic hydroxyl groups excluding tert-OH is 5. The lowest BCUT2D eigenvalue weighted by atomic mass is 9.77. The number of rotatable bonds is 5. The number of carbonyl (C=O) groups is 1. The lowest BCUT2D eigenvalue weighted by molar-refractivity contribution is -0.270. The Morgan fingerprint density at radius 1 is 1.16 bits per heavy atom. The lowest BCUT2D eigenvalue weighted by Crippen LogP contribution is -2.71. The van der Waals surface area contributed by atoms with Gasteiger partial charge in [0.2, 0.25) is 12.2 Å². The van der Waals surface area contributed by atoms with Crippen LogP contribution in [0.25, 0.3) is 0 Å². The van der Waals surface area contributed by atoms with Gasteiger partial charge < -0.3 is 45.1 Å². The van der Waals surface area contributed by atoms with Gasteiger partial charge in [-0.2, -0.15) is 0 Å². The highest BCUT2D eigenvalue weighted by atomic mass is 32.2. The summed E-state index contributed by atoms with van der Waals surface area (Å²) in [6.07, 6.45) is -8.20. The van der Waals surface area contributed by atoms with E-state index < -0.39 is 80.2 Å². The minimum Gasteiger partial charge on any atom is -0.450 e. The molecule has 0 aromatic carbocycles. The first-order valence-corrected chi connectivity index (χ1v) is 11.4. The van der Waals surface area contributed by atoms with Crippen LogP contribution in [0.3, 0.4) is 0 Å². The Bertz CT molecular complexity index is 694. The van der Waals surface area contributed by atoms with E-state index in [2.05, 4.69) is 15.6 Å². The van der Waals surface area contributed by atoms with E-state index in [4.69, 9.17) is 14.2 Å². The number of fused-ring (bicyclic) bond motifs is 1. The molecule has 0 aliphatic carbocycles. The average Bonchev–Trinajstić information content (AvgIpc) is 3.41. The van der Waals surface area contributed by atoms with Gasteiger partial charge >= 0.3 is 0 Å². The second-order valence-corrected chi connectivity index (χ2v) is 9.19. The average molecular weight is 464 g/mol. The molecule has 31 heavy (non-hydrogen) atoms. The molecule has 4 aliphatic rings. The Kier molecular flexibility index (Phi) is 7.05. The molecular weight excluding hydrogens is 434 g/mol. The largest absolute Gasteiger partial charge is 0.450 e. The Hall–Kier alpha value is -1.03. The van der Waals surface area contributed by atoms with Gasteiger partial charge in [0.15, 0.2) is 5.90 Å². The number of nitrogens with zero attached hydrogens (tertiary/aromatic N) is 1. The van der Waals surface area contributed by atoms with Crippen molar-refractivity contribution >= 4 is 23.6 Å². The summed E-state index contributed by atoms with van der Waals surface area (Å²) in [7, 11) is 0. The molecule has 4 heterocycles. The number of hydrogen-bond donors (Lipinski definition) is 7. The van der Waals surface area contributed by atoms with Gasteiger partial charge in [-0.25, -0.2) is 4.99 Å². The topological polar surface area (TPSA) is 182 Å². The van der Waals surface area contributed by atoms with Crippen molar-refractivity contribution in [2.75, 3.05) is 24.8 Å². The Morgan fingerprint density at radius 3 is 2.55 bits per heavy atom. The van der Waals surface area contributed by atoms with E-state index in [1.807, 2.05) is 0 Å². The zero-order valence-corrected chi connectivity index (χ0v) is 17.7. The maximum Gasteiger partial charge on any atom is 0.238 e. The fourth-order valence-corrected chi connectivity index (χ4v) is 5.58. The molecule has 12 nitrogen and oxygen atoms in total. The van der Waals surface area contributed by atoms with Gasteiger partial charge in [-0.1, -0.05) is 0 Å². The third-order valence-corrected chi connectivity index (χ3v) is 7.18. The summed E-state index contributed by atoms with van der Waals surface area (Å²) in [4.78, 5) is 17.0. The molecule has 0 aromatic rings. The molecule has 176 valence electrons. The summed E-state index contributed by atoms with van der Waals surface area (Å²) in [6.45, 7) is 0.541. The molecule has 0 spiro atoms. The van der Waals surface area contributed by atoms with E-state index in [-0.39, 0.29) is 5.91 Å². The molecular formula is C18H29N3O9S. The minimum atomic E-state index is -1.48. The van der Waals surface area contributed by atoms with Crippen molar-refractivity contribution in [3.05, 3.63) is 0 Å². The molecule has 4 aliphatic heterocycles. The number of aliphatic hydroxyl groups is 5. The first-order chi connectivity index (χ1) is 14.8. The van der Waals surface area contributed by atoms with Crippen LogP contribution in [0, 0.1) is 5.92 Å². The van der Waals surface area contributed by atoms with Gasteiger partial charge in [-0.05, 0) is 0 Å². The maximum atomic E-state index is 12.7. The molecule has 1 unspecified atom stereocenters. The zero-order chi connectivity index (χ0) is 22.3. The zero-order valence-electron chi connectivity index (χ0n) is 16.9. The van der Waals surface area contributed by atoms with Crippen LogP contribution in [0.1, 0.15) is 6.92 Å². The monoisotopic (exact) mass is 463 g/mol. The van der Waals surface area contributed by atoms with Crippen LogP contribution in [0.4, 0.5) is 0 Å². The number of nitrogens with one attached hydrogen (secondary N) is 2.